The van der Waals surface area contributed by atoms with Crippen molar-refractivity contribution in [1.82, 2.24) is 0 Å². The summed E-state index contributed by atoms with van der Waals surface area (Å²) in [7, 11) is 0. The fourth-order valence-corrected chi connectivity index (χ4v) is 1.22. The molecule has 8 heteroatoms. The van der Waals surface area contributed by atoms with Gasteiger partial charge in [0.1, 0.15) is 11.5 Å². The molecule has 108 valence electrons. The number of hydrogen-bond donors (Lipinski definition) is 1. The number of allylic oxidation sites excluding steroid dienone is 2. The van der Waals surface area contributed by atoms with E-state index in [9.17, 15) is 23.1 Å². The third kappa shape index (κ3) is 5.09. The summed E-state index contributed by atoms with van der Waals surface area (Å²) >= 11 is 0. The van der Waals surface area contributed by atoms with E-state index in [1.807, 2.05) is 0 Å². The fourth-order valence-electron chi connectivity index (χ4n) is 1.22. The molecule has 1 rings (SSSR count). The zero-order chi connectivity index (χ0) is 15.3. The Balaban J connectivity index is 2.85. The molecule has 0 aromatic heterocycles. The molecular formula is C12H11F3N2O3. The number of alkyl halides is 3. The number of Topliss-reactive ketones (excluding diaryl/α,β-unsaturated/α-hetero) is 1. The van der Waals surface area contributed by atoms with Gasteiger partial charge in [0.25, 0.3) is 0 Å². The van der Waals surface area contributed by atoms with E-state index >= 15 is 0 Å². The van der Waals surface area contributed by atoms with Crippen molar-refractivity contribution in [1.29, 1.82) is 0 Å². The third-order valence-electron chi connectivity index (χ3n) is 2.01. The maximum absolute atomic E-state index is 11.9. The van der Waals surface area contributed by atoms with Gasteiger partial charge in [0.15, 0.2) is 11.5 Å². The van der Waals surface area contributed by atoms with Crippen molar-refractivity contribution in [3.8, 4) is 5.75 Å². The second-order valence-corrected chi connectivity index (χ2v) is 3.73. The number of ether oxygens (including phenoxy) is 1. The van der Waals surface area contributed by atoms with Gasteiger partial charge < -0.3 is 9.84 Å². The normalized spacial score (nSPS) is 13.2. The van der Waals surface area contributed by atoms with Crippen LogP contribution in [0.15, 0.2) is 46.0 Å². The second-order valence-electron chi connectivity index (χ2n) is 3.73. The Morgan fingerprint density at radius 2 is 1.75 bits per heavy atom. The topological polar surface area (TPSA) is 71.2 Å². The average Bonchev–Trinajstić information content (AvgIpc) is 2.28. The molecule has 0 saturated heterocycles. The van der Waals surface area contributed by atoms with Crippen LogP contribution in [0, 0.1) is 0 Å². The van der Waals surface area contributed by atoms with Gasteiger partial charge in [-0.3, -0.25) is 4.79 Å². The molecular weight excluding hydrogens is 277 g/mol. The molecule has 0 aliphatic carbocycles. The number of benzene rings is 1. The van der Waals surface area contributed by atoms with Crippen molar-refractivity contribution in [3.63, 3.8) is 0 Å². The number of rotatable bonds is 4. The summed E-state index contributed by atoms with van der Waals surface area (Å²) in [6, 6.07) is 4.58. The van der Waals surface area contributed by atoms with Crippen molar-refractivity contribution in [2.75, 3.05) is 0 Å². The number of aliphatic hydroxyl groups excluding tert-OH is 1. The Hall–Kier alpha value is -2.38. The molecule has 0 spiro atoms. The monoisotopic (exact) mass is 288 g/mol. The lowest BCUT2D eigenvalue weighted by Crippen LogP contribution is -2.16. The SMILES string of the molecule is CC(=O)/C(N=Nc1ccc(OC(F)(F)F)cc1)=C(/C)O. The fraction of sp³-hybridized carbons (Fsp3) is 0.250. The van der Waals surface area contributed by atoms with E-state index < -0.39 is 17.9 Å². The van der Waals surface area contributed by atoms with Crippen molar-refractivity contribution in [2.24, 2.45) is 10.2 Å². The minimum Gasteiger partial charge on any atom is -0.510 e. The molecule has 0 unspecified atom stereocenters. The Morgan fingerprint density at radius 1 is 1.20 bits per heavy atom. The standard InChI is InChI=1S/C12H11F3N2O3/c1-7(18)11(8(2)19)17-16-9-3-5-10(6-4-9)20-12(13,14)15/h3-6,18H,1-2H3/b11-7+,17-16?. The largest absolute Gasteiger partial charge is 0.573 e. The molecule has 1 aromatic carbocycles. The molecule has 0 amide bonds. The van der Waals surface area contributed by atoms with Crippen LogP contribution < -0.4 is 4.74 Å². The lowest BCUT2D eigenvalue weighted by molar-refractivity contribution is -0.274. The molecule has 1 N–H and O–H groups in total. The molecule has 0 aliphatic heterocycles. The molecule has 0 heterocycles. The quantitative estimate of drug-likeness (QED) is 0.516. The molecule has 20 heavy (non-hydrogen) atoms. The first-order valence-electron chi connectivity index (χ1n) is 5.37. The number of carbonyl (C=O) groups is 1. The van der Waals surface area contributed by atoms with Crippen LogP contribution in [0.4, 0.5) is 18.9 Å². The van der Waals surface area contributed by atoms with Crippen molar-refractivity contribution < 1.29 is 27.8 Å². The average molecular weight is 288 g/mol. The Labute approximate surface area is 112 Å². The Kier molecular flexibility index (Phi) is 4.84. The molecule has 1 aromatic rings. The van der Waals surface area contributed by atoms with Crippen LogP contribution in [0.1, 0.15) is 13.8 Å². The van der Waals surface area contributed by atoms with E-state index in [4.69, 9.17) is 0 Å². The molecule has 0 saturated carbocycles. The summed E-state index contributed by atoms with van der Waals surface area (Å²) in [4.78, 5) is 11.1. The zero-order valence-electron chi connectivity index (χ0n) is 10.6. The number of hydrogen-bond acceptors (Lipinski definition) is 5. The maximum Gasteiger partial charge on any atom is 0.573 e. The third-order valence-corrected chi connectivity index (χ3v) is 2.01. The highest BCUT2D eigenvalue weighted by atomic mass is 19.4. The van der Waals surface area contributed by atoms with E-state index in [1.165, 1.54) is 26.0 Å². The first-order valence-corrected chi connectivity index (χ1v) is 5.37. The van der Waals surface area contributed by atoms with Gasteiger partial charge in [-0.25, -0.2) is 0 Å². The number of aliphatic hydroxyl groups is 1. The lowest BCUT2D eigenvalue weighted by atomic mass is 10.3. The number of azo groups is 1. The summed E-state index contributed by atoms with van der Waals surface area (Å²) < 4.78 is 39.5. The van der Waals surface area contributed by atoms with Crippen LogP contribution in [0.25, 0.3) is 0 Å². The number of nitrogens with zero attached hydrogens (tertiary/aromatic N) is 2. The van der Waals surface area contributed by atoms with Crippen LogP contribution in [0.2, 0.25) is 0 Å². The van der Waals surface area contributed by atoms with Gasteiger partial charge in [0.2, 0.25) is 0 Å². The van der Waals surface area contributed by atoms with Gasteiger partial charge in [-0.15, -0.1) is 18.3 Å². The minimum atomic E-state index is -4.76. The van der Waals surface area contributed by atoms with Gasteiger partial charge in [0, 0.05) is 6.92 Å². The number of halogens is 3. The smallest absolute Gasteiger partial charge is 0.510 e. The summed E-state index contributed by atoms with van der Waals surface area (Å²) in [5.41, 5.74) is -0.0138. The molecule has 0 fully saturated rings. The number of ketones is 1. The van der Waals surface area contributed by atoms with E-state index in [0.717, 1.165) is 12.1 Å². The van der Waals surface area contributed by atoms with Crippen LogP contribution in [-0.2, 0) is 4.79 Å². The lowest BCUT2D eigenvalue weighted by Gasteiger charge is -2.08. The van der Waals surface area contributed by atoms with E-state index in [2.05, 4.69) is 15.0 Å². The highest BCUT2D eigenvalue weighted by Gasteiger charge is 2.30. The van der Waals surface area contributed by atoms with Crippen LogP contribution in [0.3, 0.4) is 0 Å². The predicted octanol–water partition coefficient (Wildman–Crippen LogP) is 4.05. The van der Waals surface area contributed by atoms with Gasteiger partial charge >= 0.3 is 6.36 Å². The summed E-state index contributed by atoms with van der Waals surface area (Å²) in [5, 5.41) is 16.4. The maximum atomic E-state index is 11.9. The molecule has 0 atom stereocenters. The number of carbonyl (C=O) groups excluding carboxylic acids is 1. The van der Waals surface area contributed by atoms with Crippen LogP contribution in [0.5, 0.6) is 5.75 Å². The van der Waals surface area contributed by atoms with Crippen molar-refractivity contribution in [2.45, 2.75) is 20.2 Å². The van der Waals surface area contributed by atoms with Gasteiger partial charge in [-0.1, -0.05) is 0 Å². The van der Waals surface area contributed by atoms with Crippen molar-refractivity contribution in [3.05, 3.63) is 35.7 Å². The molecule has 0 radical (unpaired) electrons. The van der Waals surface area contributed by atoms with E-state index in [-0.39, 0.29) is 17.1 Å². The minimum absolute atomic E-state index is 0.208. The van der Waals surface area contributed by atoms with Crippen LogP contribution >= 0.6 is 0 Å². The highest BCUT2D eigenvalue weighted by Crippen LogP contribution is 2.25. The Morgan fingerprint density at radius 3 is 2.15 bits per heavy atom. The van der Waals surface area contributed by atoms with Gasteiger partial charge in [-0.2, -0.15) is 5.11 Å². The van der Waals surface area contributed by atoms with E-state index in [0.29, 0.717) is 0 Å². The van der Waals surface area contributed by atoms with Crippen LogP contribution in [-0.4, -0.2) is 17.3 Å². The first kappa shape index (κ1) is 15.7. The molecule has 5 nitrogen and oxygen atoms in total. The zero-order valence-corrected chi connectivity index (χ0v) is 10.6. The van der Waals surface area contributed by atoms with Gasteiger partial charge in [-0.05, 0) is 31.2 Å². The van der Waals surface area contributed by atoms with E-state index in [1.54, 1.807) is 0 Å². The van der Waals surface area contributed by atoms with Gasteiger partial charge in [0.05, 0.1) is 5.69 Å². The summed E-state index contributed by atoms with van der Waals surface area (Å²) in [5.74, 6) is -1.17. The Bertz CT molecular complexity index is 544. The summed E-state index contributed by atoms with van der Waals surface area (Å²) in [6.07, 6.45) is -4.76. The highest BCUT2D eigenvalue weighted by molar-refractivity contribution is 5.93. The predicted molar refractivity (Wildman–Crippen MR) is 63.7 cm³/mol. The first-order chi connectivity index (χ1) is 9.19. The van der Waals surface area contributed by atoms with Crippen molar-refractivity contribution >= 4 is 11.5 Å². The summed E-state index contributed by atoms with van der Waals surface area (Å²) in [6.45, 7) is 2.48. The molecule has 0 aliphatic rings. The molecule has 0 bridgehead atoms. The second kappa shape index (κ2) is 6.18.